The molecular formula is C11H17Cl. The summed E-state index contributed by atoms with van der Waals surface area (Å²) in [6, 6.07) is 0. The average molecular weight is 185 g/mol. The average Bonchev–Trinajstić information content (AvgIpc) is 2.00. The Labute approximate surface area is 80.3 Å². The van der Waals surface area contributed by atoms with Gasteiger partial charge in [-0.25, -0.2) is 0 Å². The van der Waals surface area contributed by atoms with Crippen molar-refractivity contribution >= 4 is 11.6 Å². The Bertz CT molecular complexity index is 203. The van der Waals surface area contributed by atoms with Gasteiger partial charge in [-0.2, -0.15) is 0 Å². The number of allylic oxidation sites excluding steroid dienone is 3. The molecule has 0 nitrogen and oxygen atoms in total. The van der Waals surface area contributed by atoms with E-state index in [-0.39, 0.29) is 0 Å². The van der Waals surface area contributed by atoms with Crippen molar-refractivity contribution < 1.29 is 0 Å². The Hall–Kier alpha value is -0.230. The van der Waals surface area contributed by atoms with E-state index in [0.717, 1.165) is 12.3 Å². The monoisotopic (exact) mass is 184 g/mol. The Balaban J connectivity index is 2.73. The molecule has 1 rings (SSSR count). The fourth-order valence-corrected chi connectivity index (χ4v) is 2.15. The molecule has 0 aromatic rings. The van der Waals surface area contributed by atoms with Crippen molar-refractivity contribution in [1.82, 2.24) is 0 Å². The SMILES string of the molecule is C=C1/C(=C/CCl)CC(C)CC1C. The van der Waals surface area contributed by atoms with E-state index in [4.69, 9.17) is 11.6 Å². The van der Waals surface area contributed by atoms with E-state index >= 15 is 0 Å². The largest absolute Gasteiger partial charge is 0.122 e. The van der Waals surface area contributed by atoms with Crippen molar-refractivity contribution in [2.45, 2.75) is 26.7 Å². The highest BCUT2D eigenvalue weighted by Crippen LogP contribution is 2.35. The number of alkyl halides is 1. The van der Waals surface area contributed by atoms with E-state index < -0.39 is 0 Å². The summed E-state index contributed by atoms with van der Waals surface area (Å²) in [5, 5.41) is 0. The van der Waals surface area contributed by atoms with E-state index in [1.54, 1.807) is 0 Å². The second-order valence-corrected chi connectivity index (χ2v) is 4.16. The maximum absolute atomic E-state index is 5.68. The second kappa shape index (κ2) is 4.13. The van der Waals surface area contributed by atoms with Crippen molar-refractivity contribution in [3.05, 3.63) is 23.8 Å². The molecule has 0 amide bonds. The van der Waals surface area contributed by atoms with Crippen LogP contribution in [0.15, 0.2) is 23.8 Å². The van der Waals surface area contributed by atoms with Gasteiger partial charge in [-0.1, -0.05) is 26.5 Å². The molecule has 1 heteroatoms. The topological polar surface area (TPSA) is 0 Å². The quantitative estimate of drug-likeness (QED) is 0.545. The predicted octanol–water partition coefficient (Wildman–Crippen LogP) is 3.77. The molecule has 0 heterocycles. The fourth-order valence-electron chi connectivity index (χ4n) is 1.96. The normalized spacial score (nSPS) is 34.2. The summed E-state index contributed by atoms with van der Waals surface area (Å²) in [4.78, 5) is 0. The van der Waals surface area contributed by atoms with Crippen LogP contribution >= 0.6 is 11.6 Å². The molecule has 0 bridgehead atoms. The van der Waals surface area contributed by atoms with E-state index in [1.807, 2.05) is 0 Å². The molecule has 0 aromatic carbocycles. The molecule has 2 unspecified atom stereocenters. The summed E-state index contributed by atoms with van der Waals surface area (Å²) in [6.07, 6.45) is 4.55. The Morgan fingerprint density at radius 2 is 2.25 bits per heavy atom. The van der Waals surface area contributed by atoms with Crippen LogP contribution in [0.2, 0.25) is 0 Å². The minimum absolute atomic E-state index is 0.619. The van der Waals surface area contributed by atoms with Gasteiger partial charge in [-0.05, 0) is 35.8 Å². The molecule has 1 fully saturated rings. The van der Waals surface area contributed by atoms with Crippen molar-refractivity contribution in [1.29, 1.82) is 0 Å². The third-order valence-corrected chi connectivity index (χ3v) is 2.81. The van der Waals surface area contributed by atoms with Crippen LogP contribution in [0.3, 0.4) is 0 Å². The molecule has 0 saturated heterocycles. The summed E-state index contributed by atoms with van der Waals surface area (Å²) >= 11 is 5.68. The van der Waals surface area contributed by atoms with E-state index in [9.17, 15) is 0 Å². The Kier molecular flexibility index (Phi) is 3.39. The minimum atomic E-state index is 0.619. The van der Waals surface area contributed by atoms with Crippen LogP contribution in [-0.2, 0) is 0 Å². The first-order chi connectivity index (χ1) is 5.65. The molecule has 2 atom stereocenters. The van der Waals surface area contributed by atoms with Crippen LogP contribution in [0.5, 0.6) is 0 Å². The van der Waals surface area contributed by atoms with Gasteiger partial charge in [0.15, 0.2) is 0 Å². The predicted molar refractivity (Wildman–Crippen MR) is 55.5 cm³/mol. The molecule has 1 aliphatic carbocycles. The highest BCUT2D eigenvalue weighted by molar-refractivity contribution is 6.19. The zero-order chi connectivity index (χ0) is 9.14. The van der Waals surface area contributed by atoms with Crippen molar-refractivity contribution in [3.63, 3.8) is 0 Å². The van der Waals surface area contributed by atoms with Gasteiger partial charge in [0.1, 0.15) is 0 Å². The number of hydrogen-bond acceptors (Lipinski definition) is 0. The molecule has 0 aliphatic heterocycles. The molecule has 12 heavy (non-hydrogen) atoms. The lowest BCUT2D eigenvalue weighted by molar-refractivity contribution is 0.417. The molecule has 1 aliphatic rings. The maximum Gasteiger partial charge on any atom is 0.0409 e. The highest BCUT2D eigenvalue weighted by Gasteiger charge is 2.21. The van der Waals surface area contributed by atoms with Crippen LogP contribution < -0.4 is 0 Å². The van der Waals surface area contributed by atoms with Crippen molar-refractivity contribution in [3.8, 4) is 0 Å². The summed E-state index contributed by atoms with van der Waals surface area (Å²) in [6.45, 7) is 8.65. The number of rotatable bonds is 1. The van der Waals surface area contributed by atoms with Crippen LogP contribution in [-0.4, -0.2) is 5.88 Å². The van der Waals surface area contributed by atoms with Crippen molar-refractivity contribution in [2.24, 2.45) is 11.8 Å². The fraction of sp³-hybridized carbons (Fsp3) is 0.636. The summed E-state index contributed by atoms with van der Waals surface area (Å²) in [7, 11) is 0. The zero-order valence-electron chi connectivity index (χ0n) is 7.94. The van der Waals surface area contributed by atoms with Gasteiger partial charge >= 0.3 is 0 Å². The minimum Gasteiger partial charge on any atom is -0.122 e. The van der Waals surface area contributed by atoms with Gasteiger partial charge in [-0.3, -0.25) is 0 Å². The molecule has 68 valence electrons. The van der Waals surface area contributed by atoms with E-state index in [1.165, 1.54) is 17.6 Å². The molecule has 0 aromatic heterocycles. The number of halogens is 1. The van der Waals surface area contributed by atoms with E-state index in [0.29, 0.717) is 11.8 Å². The van der Waals surface area contributed by atoms with Crippen LogP contribution in [0.4, 0.5) is 0 Å². The molecule has 0 radical (unpaired) electrons. The van der Waals surface area contributed by atoms with E-state index in [2.05, 4.69) is 26.5 Å². The Morgan fingerprint density at radius 1 is 1.58 bits per heavy atom. The van der Waals surface area contributed by atoms with Gasteiger partial charge < -0.3 is 0 Å². The lowest BCUT2D eigenvalue weighted by Crippen LogP contribution is -2.15. The number of hydrogen-bond donors (Lipinski definition) is 0. The molecule has 1 saturated carbocycles. The van der Waals surface area contributed by atoms with Crippen LogP contribution in [0.25, 0.3) is 0 Å². The molecule has 0 spiro atoms. The zero-order valence-corrected chi connectivity index (χ0v) is 8.69. The summed E-state index contributed by atoms with van der Waals surface area (Å²) < 4.78 is 0. The van der Waals surface area contributed by atoms with Crippen LogP contribution in [0, 0.1) is 11.8 Å². The summed E-state index contributed by atoms with van der Waals surface area (Å²) in [5.41, 5.74) is 2.69. The maximum atomic E-state index is 5.68. The third-order valence-electron chi connectivity index (χ3n) is 2.66. The van der Waals surface area contributed by atoms with Gasteiger partial charge in [0, 0.05) is 5.88 Å². The summed E-state index contributed by atoms with van der Waals surface area (Å²) in [5.74, 6) is 2.05. The van der Waals surface area contributed by atoms with Crippen molar-refractivity contribution in [2.75, 3.05) is 5.88 Å². The molecule has 0 N–H and O–H groups in total. The lowest BCUT2D eigenvalue weighted by atomic mass is 9.77. The first-order valence-corrected chi connectivity index (χ1v) is 5.12. The first-order valence-electron chi connectivity index (χ1n) is 4.59. The smallest absolute Gasteiger partial charge is 0.0409 e. The standard InChI is InChI=1S/C11H17Cl/c1-8-6-9(2)10(3)11(7-8)4-5-12/h4,8-9H,3,5-7H2,1-2H3/b11-4+. The third kappa shape index (κ3) is 2.13. The van der Waals surface area contributed by atoms with Crippen LogP contribution in [0.1, 0.15) is 26.7 Å². The van der Waals surface area contributed by atoms with Gasteiger partial charge in [0.2, 0.25) is 0 Å². The lowest BCUT2D eigenvalue weighted by Gasteiger charge is -2.28. The molecular weight excluding hydrogens is 168 g/mol. The van der Waals surface area contributed by atoms with Gasteiger partial charge in [0.25, 0.3) is 0 Å². The van der Waals surface area contributed by atoms with Gasteiger partial charge in [0.05, 0.1) is 0 Å². The second-order valence-electron chi connectivity index (χ2n) is 3.85. The highest BCUT2D eigenvalue weighted by atomic mass is 35.5. The first kappa shape index (κ1) is 9.85. The van der Waals surface area contributed by atoms with Gasteiger partial charge in [-0.15, -0.1) is 11.6 Å². The Morgan fingerprint density at radius 3 is 2.83 bits per heavy atom.